The van der Waals surface area contributed by atoms with Crippen LogP contribution in [0.25, 0.3) is 5.98 Å². The van der Waals surface area contributed by atoms with Crippen molar-refractivity contribution in [2.24, 2.45) is 0 Å². The maximum atomic E-state index is 3.73. The smallest absolute Gasteiger partial charge is 0.558 e. The van der Waals surface area contributed by atoms with Crippen LogP contribution in [0.2, 0.25) is 0 Å². The van der Waals surface area contributed by atoms with Gasteiger partial charge in [-0.3, -0.25) is 0 Å². The van der Waals surface area contributed by atoms with Crippen LogP contribution in [0.3, 0.4) is 0 Å². The Kier molecular flexibility index (Phi) is 5.02. The van der Waals surface area contributed by atoms with Crippen molar-refractivity contribution in [2.75, 3.05) is 0 Å². The zero-order chi connectivity index (χ0) is 7.40. The molecule has 0 radical (unpaired) electrons. The van der Waals surface area contributed by atoms with E-state index in [1.54, 1.807) is 0 Å². The summed E-state index contributed by atoms with van der Waals surface area (Å²) >= 11 is 0. The third-order valence-electron chi connectivity index (χ3n) is 1.55. The molecule has 0 aliphatic rings. The van der Waals surface area contributed by atoms with Gasteiger partial charge in [0.2, 0.25) is 0 Å². The van der Waals surface area contributed by atoms with E-state index in [1.807, 2.05) is 24.3 Å². The van der Waals surface area contributed by atoms with Gasteiger partial charge in [-0.05, 0) is 19.2 Å². The minimum Gasteiger partial charge on any atom is -0.558 e. The van der Waals surface area contributed by atoms with E-state index < -0.39 is 0 Å². The van der Waals surface area contributed by atoms with Gasteiger partial charge in [0, 0.05) is 0 Å². The first-order valence-electron chi connectivity index (χ1n) is 3.39. The summed E-state index contributed by atoms with van der Waals surface area (Å²) in [6.45, 7) is 8.66. The first-order chi connectivity index (χ1) is 4.88. The van der Waals surface area contributed by atoms with Crippen LogP contribution in [0, 0.1) is 0 Å². The van der Waals surface area contributed by atoms with E-state index in [-0.39, 0.29) is 18.9 Å². The first kappa shape index (κ1) is 10.6. The molecule has 0 saturated carbocycles. The van der Waals surface area contributed by atoms with Crippen LogP contribution in [0.15, 0.2) is 37.5 Å². The second-order valence-electron chi connectivity index (χ2n) is 2.25. The van der Waals surface area contributed by atoms with E-state index in [1.165, 1.54) is 0 Å². The zero-order valence-electron chi connectivity index (χ0n) is 7.03. The van der Waals surface area contributed by atoms with Gasteiger partial charge < -0.3 is 4.47 Å². The van der Waals surface area contributed by atoms with Gasteiger partial charge >= 0.3 is 18.9 Å². The molecule has 0 unspecified atom stereocenters. The summed E-state index contributed by atoms with van der Waals surface area (Å²) in [5.41, 5.74) is 0. The standard InChI is InChI=1S/C8H11BN.Li/c1-3-7-10-8-5-6-9(10)4-2;/h3-6,8H,1-2,7H2;/q-1;+1. The fraction of sp³-hybridized carbons (Fsp3) is 0.125. The number of aromatic nitrogens is 1. The SMILES string of the molecule is C=CCn1ccc[b-]1C=C.[Li+]. The molecule has 11 heavy (non-hydrogen) atoms. The minimum atomic E-state index is 0. The van der Waals surface area contributed by atoms with Gasteiger partial charge in [0.25, 0.3) is 0 Å². The topological polar surface area (TPSA) is 4.93 Å². The molecule has 3 heteroatoms. The van der Waals surface area contributed by atoms with Crippen LogP contribution in [-0.4, -0.2) is 11.0 Å². The number of rotatable bonds is 3. The summed E-state index contributed by atoms with van der Waals surface area (Å²) in [4.78, 5) is 0. The molecule has 1 heterocycles. The van der Waals surface area contributed by atoms with Crippen molar-refractivity contribution in [1.82, 2.24) is 4.47 Å². The molecule has 0 spiro atoms. The Morgan fingerprint density at radius 1 is 1.45 bits per heavy atom. The molecule has 1 nitrogen and oxygen atoms in total. The van der Waals surface area contributed by atoms with E-state index in [4.69, 9.17) is 0 Å². The molecule has 0 aliphatic carbocycles. The zero-order valence-corrected chi connectivity index (χ0v) is 7.03. The van der Waals surface area contributed by atoms with Crippen molar-refractivity contribution >= 4 is 12.5 Å². The van der Waals surface area contributed by atoms with E-state index in [2.05, 4.69) is 23.6 Å². The molecule has 52 valence electrons. The van der Waals surface area contributed by atoms with Crippen LogP contribution in [-0.2, 0) is 6.54 Å². The summed E-state index contributed by atoms with van der Waals surface area (Å²) in [5, 5.41) is 0. The first-order valence-corrected chi connectivity index (χ1v) is 3.39. The molecule has 1 aromatic rings. The molecule has 0 atom stereocenters. The monoisotopic (exact) mass is 139 g/mol. The summed E-state index contributed by atoms with van der Waals surface area (Å²) < 4.78 is 2.17. The molecule has 0 amide bonds. The van der Waals surface area contributed by atoms with E-state index in [0.29, 0.717) is 6.49 Å². The Balaban J connectivity index is 0.000001000. The van der Waals surface area contributed by atoms with Crippen molar-refractivity contribution in [3.63, 3.8) is 0 Å². The van der Waals surface area contributed by atoms with Crippen molar-refractivity contribution in [2.45, 2.75) is 6.54 Å². The van der Waals surface area contributed by atoms with Crippen molar-refractivity contribution in [1.29, 1.82) is 0 Å². The average molecular weight is 139 g/mol. The number of hydrogen-bond acceptors (Lipinski definition) is 0. The molecular weight excluding hydrogens is 128 g/mol. The summed E-state index contributed by atoms with van der Waals surface area (Å²) in [7, 11) is 0. The van der Waals surface area contributed by atoms with Gasteiger partial charge in [0.1, 0.15) is 0 Å². The Hall–Kier alpha value is -0.448. The molecule has 0 saturated heterocycles. The number of nitrogens with zero attached hydrogens (tertiary/aromatic N) is 1. The molecule has 0 aromatic carbocycles. The molecule has 0 aliphatic heterocycles. The molecular formula is C8H11BLiN. The quantitative estimate of drug-likeness (QED) is 0.366. The van der Waals surface area contributed by atoms with Gasteiger partial charge in [0.05, 0.1) is 0 Å². The van der Waals surface area contributed by atoms with Crippen molar-refractivity contribution < 1.29 is 18.9 Å². The van der Waals surface area contributed by atoms with E-state index in [9.17, 15) is 0 Å². The second kappa shape index (κ2) is 5.24. The maximum Gasteiger partial charge on any atom is 1.00 e. The number of allylic oxidation sites excluding steroid dienone is 1. The van der Waals surface area contributed by atoms with Gasteiger partial charge in [-0.1, -0.05) is 12.1 Å². The molecule has 1 rings (SSSR count). The van der Waals surface area contributed by atoms with Gasteiger partial charge in [-0.2, -0.15) is 0 Å². The molecule has 0 fully saturated rings. The van der Waals surface area contributed by atoms with Gasteiger partial charge in [-0.15, -0.1) is 13.2 Å². The minimum absolute atomic E-state index is 0. The predicted octanol–water partition coefficient (Wildman–Crippen LogP) is -1.20. The van der Waals surface area contributed by atoms with Gasteiger partial charge in [0.15, 0.2) is 0 Å². The van der Waals surface area contributed by atoms with Crippen molar-refractivity contribution in [3.05, 3.63) is 37.5 Å². The maximum absolute atomic E-state index is 3.73. The number of hydrogen-bond donors (Lipinski definition) is 0. The Bertz CT molecular complexity index is 242. The van der Waals surface area contributed by atoms with Crippen LogP contribution < -0.4 is 18.9 Å². The molecule has 1 aromatic heterocycles. The largest absolute Gasteiger partial charge is 1.00 e. The third-order valence-corrected chi connectivity index (χ3v) is 1.55. The molecule has 0 N–H and O–H groups in total. The summed E-state index contributed by atoms with van der Waals surface area (Å²) in [6.07, 6.45) is 3.94. The van der Waals surface area contributed by atoms with Crippen LogP contribution in [0.4, 0.5) is 0 Å². The van der Waals surface area contributed by atoms with Crippen molar-refractivity contribution in [3.8, 4) is 0 Å². The Morgan fingerprint density at radius 3 is 2.73 bits per heavy atom. The van der Waals surface area contributed by atoms with Crippen LogP contribution in [0.1, 0.15) is 0 Å². The molecule has 0 bridgehead atoms. The third kappa shape index (κ3) is 2.57. The van der Waals surface area contributed by atoms with E-state index >= 15 is 0 Å². The summed E-state index contributed by atoms with van der Waals surface area (Å²) in [5.74, 6) is 4.03. The fourth-order valence-electron chi connectivity index (χ4n) is 1.03. The van der Waals surface area contributed by atoms with E-state index in [0.717, 1.165) is 6.54 Å². The van der Waals surface area contributed by atoms with Crippen LogP contribution in [0.5, 0.6) is 0 Å². The Morgan fingerprint density at radius 2 is 2.18 bits per heavy atom. The average Bonchev–Trinajstić information content (AvgIpc) is 2.36. The normalized spacial score (nSPS) is 8.36. The second-order valence-corrected chi connectivity index (χ2v) is 2.25. The Labute approximate surface area is 80.1 Å². The predicted molar refractivity (Wildman–Crippen MR) is 47.0 cm³/mol. The van der Waals surface area contributed by atoms with Crippen LogP contribution >= 0.6 is 0 Å². The summed E-state index contributed by atoms with van der Waals surface area (Å²) in [6, 6.07) is 2.04. The van der Waals surface area contributed by atoms with Gasteiger partial charge in [-0.25, -0.2) is 11.9 Å². The fourth-order valence-corrected chi connectivity index (χ4v) is 1.03.